The lowest BCUT2D eigenvalue weighted by molar-refractivity contribution is -0.131. The molecular weight excluding hydrogens is 619 g/mol. The predicted molar refractivity (Wildman–Crippen MR) is 171 cm³/mol. The van der Waals surface area contributed by atoms with Crippen molar-refractivity contribution in [3.63, 3.8) is 0 Å². The Bertz CT molecular complexity index is 793. The molecule has 0 N–H and O–H groups in total. The van der Waals surface area contributed by atoms with E-state index in [1.165, 1.54) is 25.7 Å². The quantitative estimate of drug-likeness (QED) is 0.0900. The maximum absolute atomic E-state index is 12.6. The van der Waals surface area contributed by atoms with Gasteiger partial charge in [0.15, 0.2) is 4.33 Å². The maximum atomic E-state index is 12.6. The smallest absolute Gasteiger partial charge is 0.222 e. The first kappa shape index (κ1) is 36.1. The van der Waals surface area contributed by atoms with Crippen LogP contribution in [-0.2, 0) is 9.53 Å². The summed E-state index contributed by atoms with van der Waals surface area (Å²) in [5.41, 5.74) is 0. The van der Waals surface area contributed by atoms with Crippen LogP contribution in [0.4, 0.5) is 0 Å². The Kier molecular flexibility index (Phi) is 16.0. The van der Waals surface area contributed by atoms with Crippen LogP contribution >= 0.6 is 69.6 Å². The van der Waals surface area contributed by atoms with E-state index in [0.717, 1.165) is 83.9 Å². The van der Waals surface area contributed by atoms with E-state index in [1.807, 2.05) is 18.7 Å². The second kappa shape index (κ2) is 17.3. The van der Waals surface area contributed by atoms with Crippen molar-refractivity contribution in [2.24, 2.45) is 11.8 Å². The number of allylic oxidation sites excluding steroid dienone is 2. The molecule has 0 aromatic carbocycles. The Hall–Kier alpha value is 0.910. The van der Waals surface area contributed by atoms with Crippen molar-refractivity contribution < 1.29 is 9.53 Å². The summed E-state index contributed by atoms with van der Waals surface area (Å²) in [4.78, 5) is 12.2. The van der Waals surface area contributed by atoms with E-state index in [4.69, 9.17) is 74.3 Å². The molecule has 2 rings (SSSR count). The lowest BCUT2D eigenvalue weighted by Gasteiger charge is -2.37. The van der Waals surface area contributed by atoms with Crippen molar-refractivity contribution >= 4 is 75.5 Å². The van der Waals surface area contributed by atoms with Gasteiger partial charge in [-0.1, -0.05) is 118 Å². The fraction of sp³-hybridized carbons (Fsp3) is 0.900. The topological polar surface area (TPSA) is 29.5 Å². The molecule has 1 fully saturated rings. The van der Waals surface area contributed by atoms with Gasteiger partial charge in [0.2, 0.25) is 5.91 Å². The minimum absolute atomic E-state index is 0.0202. The van der Waals surface area contributed by atoms with Gasteiger partial charge < -0.3 is 9.64 Å². The first-order valence-electron chi connectivity index (χ1n) is 15.2. The second-order valence-electron chi connectivity index (χ2n) is 11.2. The summed E-state index contributed by atoms with van der Waals surface area (Å²) >= 11 is 41.5. The van der Waals surface area contributed by atoms with E-state index in [1.54, 1.807) is 0 Å². The third kappa shape index (κ3) is 8.10. The molecule has 3 nitrogen and oxygen atoms in total. The molecule has 0 aromatic heterocycles. The van der Waals surface area contributed by atoms with Gasteiger partial charge in [-0.15, -0.1) is 23.2 Å². The largest absolute Gasteiger partial charge is 0.382 e. The van der Waals surface area contributed by atoms with E-state index < -0.39 is 14.1 Å². The zero-order chi connectivity index (χ0) is 29.1. The minimum atomic E-state index is -1.46. The summed E-state index contributed by atoms with van der Waals surface area (Å²) in [6.07, 6.45) is 15.4. The molecule has 1 amide bonds. The van der Waals surface area contributed by atoms with Crippen molar-refractivity contribution in [1.82, 2.24) is 4.90 Å². The monoisotopic (exact) mass is 665 g/mol. The molecule has 39 heavy (non-hydrogen) atoms. The van der Waals surface area contributed by atoms with Crippen molar-refractivity contribution in [3.05, 3.63) is 10.1 Å². The number of alkyl halides is 4. The summed E-state index contributed by atoms with van der Waals surface area (Å²) in [5, 5.41) is 0.636. The molecular formula is C30H49Cl6NO2. The Labute approximate surface area is 267 Å². The summed E-state index contributed by atoms with van der Waals surface area (Å²) in [6.45, 7) is 9.19. The van der Waals surface area contributed by atoms with E-state index >= 15 is 0 Å². The summed E-state index contributed by atoms with van der Waals surface area (Å²) in [6, 6.07) is 0. The minimum Gasteiger partial charge on any atom is -0.382 e. The number of carbonyl (C=O) groups excluding carboxylic acids is 1. The van der Waals surface area contributed by atoms with Gasteiger partial charge in [-0.25, -0.2) is 0 Å². The van der Waals surface area contributed by atoms with Crippen molar-refractivity contribution in [1.29, 1.82) is 0 Å². The molecule has 0 radical (unpaired) electrons. The van der Waals surface area contributed by atoms with Gasteiger partial charge in [0, 0.05) is 32.7 Å². The third-order valence-electron chi connectivity index (χ3n) is 8.68. The lowest BCUT2D eigenvalue weighted by atomic mass is 9.76. The highest BCUT2D eigenvalue weighted by Crippen LogP contribution is 2.77. The summed E-state index contributed by atoms with van der Waals surface area (Å²) in [7, 11) is 0. The van der Waals surface area contributed by atoms with Crippen molar-refractivity contribution in [3.8, 4) is 0 Å². The third-order valence-corrected chi connectivity index (χ3v) is 13.0. The molecule has 9 heteroatoms. The van der Waals surface area contributed by atoms with Crippen LogP contribution in [0.25, 0.3) is 0 Å². The summed E-state index contributed by atoms with van der Waals surface area (Å²) in [5.74, 6) is 0.186. The van der Waals surface area contributed by atoms with Gasteiger partial charge in [0.1, 0.15) is 9.75 Å². The van der Waals surface area contributed by atoms with Gasteiger partial charge >= 0.3 is 0 Å². The molecule has 4 atom stereocenters. The highest BCUT2D eigenvalue weighted by atomic mass is 35.5. The first-order valence-corrected chi connectivity index (χ1v) is 17.5. The zero-order valence-corrected chi connectivity index (χ0v) is 28.7. The SMILES string of the molecule is CCCCCCCC[C@@H]1[C@H](CCCCCCCC(=O)N(CC)CCCOCC)[C@]2(Cl)C(Cl)=C(Cl)[C@]1(Cl)C2(Cl)Cl. The average molecular weight is 668 g/mol. The van der Waals surface area contributed by atoms with E-state index in [2.05, 4.69) is 6.92 Å². The van der Waals surface area contributed by atoms with Gasteiger partial charge in [-0.05, 0) is 51.4 Å². The molecule has 2 aliphatic rings. The molecule has 0 heterocycles. The van der Waals surface area contributed by atoms with Crippen LogP contribution in [0.3, 0.4) is 0 Å². The van der Waals surface area contributed by atoms with Crippen molar-refractivity contribution in [2.45, 2.75) is 131 Å². The first-order chi connectivity index (χ1) is 18.5. The molecule has 0 saturated heterocycles. The lowest BCUT2D eigenvalue weighted by Crippen LogP contribution is -2.44. The van der Waals surface area contributed by atoms with Crippen LogP contribution in [0.2, 0.25) is 0 Å². The highest BCUT2D eigenvalue weighted by Gasteiger charge is 2.81. The van der Waals surface area contributed by atoms with Crippen LogP contribution in [0, 0.1) is 11.8 Å². The van der Waals surface area contributed by atoms with Crippen LogP contribution in [0.15, 0.2) is 10.1 Å². The number of carbonyl (C=O) groups is 1. The number of nitrogens with zero attached hydrogens (tertiary/aromatic N) is 1. The van der Waals surface area contributed by atoms with E-state index in [-0.39, 0.29) is 17.7 Å². The van der Waals surface area contributed by atoms with Gasteiger partial charge in [-0.2, -0.15) is 0 Å². The number of halogens is 6. The fourth-order valence-electron chi connectivity index (χ4n) is 6.44. The van der Waals surface area contributed by atoms with Crippen molar-refractivity contribution in [2.75, 3.05) is 26.3 Å². The van der Waals surface area contributed by atoms with Gasteiger partial charge in [0.25, 0.3) is 0 Å². The highest BCUT2D eigenvalue weighted by molar-refractivity contribution is 6.65. The van der Waals surface area contributed by atoms with Gasteiger partial charge in [0.05, 0.1) is 10.1 Å². The zero-order valence-electron chi connectivity index (χ0n) is 24.1. The number of hydrogen-bond acceptors (Lipinski definition) is 2. The molecule has 1 saturated carbocycles. The number of amides is 1. The molecule has 2 aliphatic carbocycles. The van der Waals surface area contributed by atoms with Gasteiger partial charge in [-0.3, -0.25) is 4.79 Å². The molecule has 0 aliphatic heterocycles. The van der Waals surface area contributed by atoms with E-state index in [0.29, 0.717) is 23.1 Å². The number of unbranched alkanes of at least 4 members (excludes halogenated alkanes) is 9. The molecule has 2 bridgehead atoms. The van der Waals surface area contributed by atoms with Crippen LogP contribution < -0.4 is 0 Å². The molecule has 0 aromatic rings. The Morgan fingerprint density at radius 3 is 1.72 bits per heavy atom. The molecule has 0 unspecified atom stereocenters. The molecule has 0 spiro atoms. The normalized spacial score (nSPS) is 27.5. The van der Waals surface area contributed by atoms with E-state index in [9.17, 15) is 4.79 Å². The standard InChI is InChI=1S/C30H49Cl6NO2/c1-4-7-8-9-11-14-18-23-24(29(34)27(32)26(31)28(23,33)30(29,35)36)19-15-12-10-13-16-20-25(38)37(5-2)21-17-22-39-6-3/h23-24H,4-22H2,1-3H3/t23-,24+,28+,29+/m1/s1. The number of rotatable bonds is 21. The Balaban J connectivity index is 1.84. The summed E-state index contributed by atoms with van der Waals surface area (Å²) < 4.78 is 3.94. The fourth-order valence-corrected chi connectivity index (χ4v) is 9.59. The maximum Gasteiger partial charge on any atom is 0.222 e. The Morgan fingerprint density at radius 1 is 0.744 bits per heavy atom. The number of hydrogen-bond donors (Lipinski definition) is 0. The predicted octanol–water partition coefficient (Wildman–Crippen LogP) is 10.8. The average Bonchev–Trinajstić information content (AvgIpc) is 3.10. The number of fused-ring (bicyclic) bond motifs is 2. The Morgan fingerprint density at radius 2 is 1.23 bits per heavy atom. The molecule has 228 valence electrons. The van der Waals surface area contributed by atoms with Crippen LogP contribution in [0.1, 0.15) is 117 Å². The second-order valence-corrected chi connectivity index (χ2v) is 14.5. The number of ether oxygens (including phenoxy) is 1. The van der Waals surface area contributed by atoms with Crippen LogP contribution in [-0.4, -0.2) is 51.2 Å². The van der Waals surface area contributed by atoms with Crippen LogP contribution in [0.5, 0.6) is 0 Å².